The van der Waals surface area contributed by atoms with Gasteiger partial charge in [-0.3, -0.25) is 4.79 Å². The minimum absolute atomic E-state index is 0.0609. The van der Waals surface area contributed by atoms with Crippen LogP contribution in [0.2, 0.25) is 5.02 Å². The Labute approximate surface area is 158 Å². The number of carbonyl (C=O) groups excluding carboxylic acids is 1. The maximum atomic E-state index is 12.6. The van der Waals surface area contributed by atoms with E-state index >= 15 is 0 Å². The molecule has 0 aromatic heterocycles. The van der Waals surface area contributed by atoms with Gasteiger partial charge in [0.05, 0.1) is 11.0 Å². The number of halogens is 1. The Bertz CT molecular complexity index is 886. The van der Waals surface area contributed by atoms with Crippen molar-refractivity contribution in [2.24, 2.45) is 0 Å². The number of benzene rings is 2. The molecule has 7 heteroatoms. The number of hydrogen-bond donors (Lipinski definition) is 0. The van der Waals surface area contributed by atoms with Crippen molar-refractivity contribution in [1.82, 2.24) is 4.90 Å². The first-order valence-electron chi connectivity index (χ1n) is 8.33. The van der Waals surface area contributed by atoms with Gasteiger partial charge in [-0.2, -0.15) is 0 Å². The summed E-state index contributed by atoms with van der Waals surface area (Å²) in [4.78, 5) is 14.3. The first kappa shape index (κ1) is 18.7. The quantitative estimate of drug-likeness (QED) is 0.780. The highest BCUT2D eigenvalue weighted by Crippen LogP contribution is 2.26. The molecule has 0 spiro atoms. The monoisotopic (exact) mass is 393 g/mol. The molecular weight excluding hydrogens is 374 g/mol. The number of sulfone groups is 1. The second kappa shape index (κ2) is 7.29. The van der Waals surface area contributed by atoms with Crippen molar-refractivity contribution in [2.45, 2.75) is 30.1 Å². The third-order valence-electron chi connectivity index (χ3n) is 4.19. The van der Waals surface area contributed by atoms with Gasteiger partial charge in [-0.25, -0.2) is 8.42 Å². The smallest absolute Gasteiger partial charge is 0.253 e. The zero-order valence-corrected chi connectivity index (χ0v) is 16.1. The second-order valence-corrected chi connectivity index (χ2v) is 9.19. The lowest BCUT2D eigenvalue weighted by Crippen LogP contribution is -2.56. The third kappa shape index (κ3) is 3.86. The summed E-state index contributed by atoms with van der Waals surface area (Å²) < 4.78 is 30.7. The van der Waals surface area contributed by atoms with Crippen LogP contribution in [-0.4, -0.2) is 43.7 Å². The highest BCUT2D eigenvalue weighted by molar-refractivity contribution is 7.92. The van der Waals surface area contributed by atoms with E-state index in [0.717, 1.165) is 0 Å². The lowest BCUT2D eigenvalue weighted by molar-refractivity contribution is 0.0659. The number of amides is 1. The fourth-order valence-electron chi connectivity index (χ4n) is 2.75. The van der Waals surface area contributed by atoms with Gasteiger partial charge < -0.3 is 9.64 Å². The van der Waals surface area contributed by atoms with Crippen LogP contribution in [0.15, 0.2) is 53.4 Å². The topological polar surface area (TPSA) is 63.7 Å². The number of ether oxygens (including phenoxy) is 1. The van der Waals surface area contributed by atoms with Crippen LogP contribution in [0.4, 0.5) is 0 Å². The summed E-state index contributed by atoms with van der Waals surface area (Å²) in [6.45, 7) is 4.24. The number of likely N-dealkylation sites (tertiary alicyclic amines) is 1. The molecule has 1 aliphatic rings. The fraction of sp³-hybridized carbons (Fsp3) is 0.316. The molecule has 2 aromatic rings. The average molecular weight is 394 g/mol. The minimum Gasteiger partial charge on any atom is -0.491 e. The lowest BCUT2D eigenvalue weighted by atomic mass is 10.1. The summed E-state index contributed by atoms with van der Waals surface area (Å²) in [6, 6.07) is 13.0. The van der Waals surface area contributed by atoms with Crippen LogP contribution >= 0.6 is 11.6 Å². The maximum absolute atomic E-state index is 12.6. The Morgan fingerprint density at radius 2 is 1.65 bits per heavy atom. The van der Waals surface area contributed by atoms with Crippen molar-refractivity contribution >= 4 is 27.3 Å². The second-order valence-electron chi connectivity index (χ2n) is 6.52. The van der Waals surface area contributed by atoms with Crippen molar-refractivity contribution in [3.8, 4) is 5.75 Å². The highest BCUT2D eigenvalue weighted by Gasteiger charge is 2.40. The van der Waals surface area contributed by atoms with Gasteiger partial charge in [-0.1, -0.05) is 11.6 Å². The zero-order valence-electron chi connectivity index (χ0n) is 14.6. The molecule has 0 aliphatic carbocycles. The normalized spacial score (nSPS) is 15.0. The Morgan fingerprint density at radius 3 is 2.19 bits per heavy atom. The van der Waals surface area contributed by atoms with E-state index in [1.54, 1.807) is 36.4 Å². The molecule has 1 amide bonds. The minimum atomic E-state index is -3.46. The van der Waals surface area contributed by atoms with Gasteiger partial charge in [0.2, 0.25) is 0 Å². The van der Waals surface area contributed by atoms with Crippen molar-refractivity contribution in [2.75, 3.05) is 13.1 Å². The van der Waals surface area contributed by atoms with Gasteiger partial charge in [-0.05, 0) is 62.4 Å². The van der Waals surface area contributed by atoms with Crippen molar-refractivity contribution in [3.63, 3.8) is 0 Å². The van der Waals surface area contributed by atoms with Crippen LogP contribution in [-0.2, 0) is 9.84 Å². The van der Waals surface area contributed by atoms with E-state index in [-0.39, 0.29) is 30.0 Å². The first-order valence-corrected chi connectivity index (χ1v) is 10.3. The van der Waals surface area contributed by atoms with E-state index in [0.29, 0.717) is 16.3 Å². The summed E-state index contributed by atoms with van der Waals surface area (Å²) in [5.74, 6) is 0.520. The van der Waals surface area contributed by atoms with E-state index in [1.165, 1.54) is 17.0 Å². The summed E-state index contributed by atoms with van der Waals surface area (Å²) in [5.41, 5.74) is 0.517. The molecule has 0 N–H and O–H groups in total. The van der Waals surface area contributed by atoms with Gasteiger partial charge in [0.15, 0.2) is 9.84 Å². The number of rotatable bonds is 5. The number of nitrogens with zero attached hydrogens (tertiary/aromatic N) is 1. The zero-order chi connectivity index (χ0) is 18.9. The molecule has 1 saturated heterocycles. The number of carbonyl (C=O) groups is 1. The average Bonchev–Trinajstić information content (AvgIpc) is 2.53. The Morgan fingerprint density at radius 1 is 1.08 bits per heavy atom. The van der Waals surface area contributed by atoms with E-state index in [1.807, 2.05) is 13.8 Å². The SMILES string of the molecule is CC(C)Oc1ccc(C(=O)N2CC(S(=O)(=O)c3ccc(Cl)cc3)C2)cc1. The van der Waals surface area contributed by atoms with E-state index < -0.39 is 15.1 Å². The molecule has 26 heavy (non-hydrogen) atoms. The van der Waals surface area contributed by atoms with Crippen LogP contribution < -0.4 is 4.74 Å². The molecule has 1 aliphatic heterocycles. The Kier molecular flexibility index (Phi) is 5.25. The van der Waals surface area contributed by atoms with Crippen LogP contribution in [0.5, 0.6) is 5.75 Å². The van der Waals surface area contributed by atoms with Crippen molar-refractivity contribution in [3.05, 3.63) is 59.1 Å². The van der Waals surface area contributed by atoms with Gasteiger partial charge in [0, 0.05) is 23.7 Å². The summed E-state index contributed by atoms with van der Waals surface area (Å²) in [7, 11) is -3.46. The molecular formula is C19H20ClNO4S. The highest BCUT2D eigenvalue weighted by atomic mass is 35.5. The van der Waals surface area contributed by atoms with E-state index in [4.69, 9.17) is 16.3 Å². The molecule has 0 atom stereocenters. The van der Waals surface area contributed by atoms with Crippen molar-refractivity contribution in [1.29, 1.82) is 0 Å². The summed E-state index contributed by atoms with van der Waals surface area (Å²) in [6.07, 6.45) is 0.0609. The standard InChI is InChI=1S/C19H20ClNO4S/c1-13(2)25-16-7-3-14(4-8-16)19(22)21-11-18(12-21)26(23,24)17-9-5-15(20)6-10-17/h3-10,13,18H,11-12H2,1-2H3. The van der Waals surface area contributed by atoms with E-state index in [9.17, 15) is 13.2 Å². The summed E-state index contributed by atoms with van der Waals surface area (Å²) >= 11 is 5.80. The molecule has 2 aromatic carbocycles. The van der Waals surface area contributed by atoms with Crippen LogP contribution in [0.1, 0.15) is 24.2 Å². The third-order valence-corrected chi connectivity index (χ3v) is 6.55. The van der Waals surface area contributed by atoms with Gasteiger partial charge >= 0.3 is 0 Å². The molecule has 1 heterocycles. The number of hydrogen-bond acceptors (Lipinski definition) is 4. The van der Waals surface area contributed by atoms with Crippen LogP contribution in [0.25, 0.3) is 0 Å². The fourth-order valence-corrected chi connectivity index (χ4v) is 4.53. The van der Waals surface area contributed by atoms with Crippen molar-refractivity contribution < 1.29 is 17.9 Å². The molecule has 1 fully saturated rings. The van der Waals surface area contributed by atoms with Gasteiger partial charge in [0.25, 0.3) is 5.91 Å². The predicted octanol–water partition coefficient (Wildman–Crippen LogP) is 3.43. The Hall–Kier alpha value is -2.05. The van der Waals surface area contributed by atoms with Gasteiger partial charge in [-0.15, -0.1) is 0 Å². The molecule has 0 radical (unpaired) electrons. The molecule has 5 nitrogen and oxygen atoms in total. The lowest BCUT2D eigenvalue weighted by Gasteiger charge is -2.38. The first-order chi connectivity index (χ1) is 12.3. The van der Waals surface area contributed by atoms with Gasteiger partial charge in [0.1, 0.15) is 11.0 Å². The molecule has 0 unspecified atom stereocenters. The van der Waals surface area contributed by atoms with E-state index in [2.05, 4.69) is 0 Å². The molecule has 3 rings (SSSR count). The van der Waals surface area contributed by atoms with Crippen LogP contribution in [0.3, 0.4) is 0 Å². The molecule has 138 valence electrons. The summed E-state index contributed by atoms with van der Waals surface area (Å²) in [5, 5.41) is -0.101. The molecule has 0 saturated carbocycles. The van der Waals surface area contributed by atoms with Crippen LogP contribution in [0, 0.1) is 0 Å². The predicted molar refractivity (Wildman–Crippen MR) is 101 cm³/mol. The maximum Gasteiger partial charge on any atom is 0.253 e. The Balaban J connectivity index is 1.63. The molecule has 0 bridgehead atoms. The largest absolute Gasteiger partial charge is 0.491 e.